The fourth-order valence-electron chi connectivity index (χ4n) is 2.83. The SMILES string of the molecule is O=C(O[C@@H](C(=O)O)[C@@H](OC(=O)c1ccc(Cl)cc1)C(=O)Nc1ccc(Cl)cc1Cl)c1ccc(Cl)cc1. The van der Waals surface area contributed by atoms with Gasteiger partial charge in [0.05, 0.1) is 21.8 Å². The third-order valence-corrected chi connectivity index (χ3v) is 5.65. The Morgan fingerprint density at radius 1 is 0.667 bits per heavy atom. The summed E-state index contributed by atoms with van der Waals surface area (Å²) in [7, 11) is 0. The molecule has 0 fully saturated rings. The van der Waals surface area contributed by atoms with Gasteiger partial charge in [0.1, 0.15) is 0 Å². The van der Waals surface area contributed by atoms with Crippen molar-refractivity contribution in [2.45, 2.75) is 12.2 Å². The lowest BCUT2D eigenvalue weighted by Crippen LogP contribution is -2.48. The molecule has 2 N–H and O–H groups in total. The number of aliphatic carboxylic acids is 1. The van der Waals surface area contributed by atoms with Crippen molar-refractivity contribution in [3.63, 3.8) is 0 Å². The van der Waals surface area contributed by atoms with Gasteiger partial charge in [-0.2, -0.15) is 0 Å². The highest BCUT2D eigenvalue weighted by atomic mass is 35.5. The number of carbonyl (C=O) groups is 4. The summed E-state index contributed by atoms with van der Waals surface area (Å²) in [6, 6.07) is 14.9. The van der Waals surface area contributed by atoms with Gasteiger partial charge in [-0.05, 0) is 66.7 Å². The lowest BCUT2D eigenvalue weighted by Gasteiger charge is -2.24. The number of ether oxygens (including phenoxy) is 2. The van der Waals surface area contributed by atoms with Crippen LogP contribution in [0.25, 0.3) is 0 Å². The van der Waals surface area contributed by atoms with E-state index in [2.05, 4.69) is 5.32 Å². The maximum Gasteiger partial charge on any atom is 0.349 e. The summed E-state index contributed by atoms with van der Waals surface area (Å²) in [4.78, 5) is 50.5. The molecule has 36 heavy (non-hydrogen) atoms. The van der Waals surface area contributed by atoms with Gasteiger partial charge >= 0.3 is 17.9 Å². The van der Waals surface area contributed by atoms with E-state index in [0.29, 0.717) is 10.0 Å². The fourth-order valence-corrected chi connectivity index (χ4v) is 3.54. The van der Waals surface area contributed by atoms with Crippen molar-refractivity contribution in [3.05, 3.63) is 97.9 Å². The van der Waals surface area contributed by atoms with E-state index in [1.807, 2.05) is 0 Å². The van der Waals surface area contributed by atoms with Crippen LogP contribution in [0, 0.1) is 0 Å². The predicted octanol–water partition coefficient (Wildman–Crippen LogP) is 5.77. The van der Waals surface area contributed by atoms with Crippen LogP contribution in [-0.2, 0) is 19.1 Å². The van der Waals surface area contributed by atoms with Crippen LogP contribution in [0.1, 0.15) is 20.7 Å². The molecule has 3 rings (SSSR count). The van der Waals surface area contributed by atoms with Gasteiger partial charge in [-0.1, -0.05) is 46.4 Å². The second-order valence-electron chi connectivity index (χ2n) is 7.12. The van der Waals surface area contributed by atoms with Crippen molar-refractivity contribution < 1.29 is 33.8 Å². The minimum Gasteiger partial charge on any atom is -0.478 e. The van der Waals surface area contributed by atoms with Crippen LogP contribution in [0.15, 0.2) is 66.7 Å². The summed E-state index contributed by atoms with van der Waals surface area (Å²) in [6.45, 7) is 0. The minimum atomic E-state index is -2.23. The monoisotopic (exact) mass is 569 g/mol. The Morgan fingerprint density at radius 3 is 1.56 bits per heavy atom. The van der Waals surface area contributed by atoms with E-state index in [1.165, 1.54) is 66.7 Å². The van der Waals surface area contributed by atoms with Crippen molar-refractivity contribution in [1.29, 1.82) is 0 Å². The van der Waals surface area contributed by atoms with E-state index in [9.17, 15) is 24.3 Å². The molecule has 3 aromatic rings. The highest BCUT2D eigenvalue weighted by Crippen LogP contribution is 2.26. The van der Waals surface area contributed by atoms with Crippen molar-refractivity contribution in [3.8, 4) is 0 Å². The number of carboxylic acid groups (broad SMARTS) is 1. The number of benzene rings is 3. The maximum absolute atomic E-state index is 13.1. The number of carboxylic acids is 1. The molecule has 186 valence electrons. The van der Waals surface area contributed by atoms with Gasteiger partial charge in [0, 0.05) is 15.1 Å². The normalized spacial score (nSPS) is 12.2. The highest BCUT2D eigenvalue weighted by Gasteiger charge is 2.41. The highest BCUT2D eigenvalue weighted by molar-refractivity contribution is 6.36. The van der Waals surface area contributed by atoms with Gasteiger partial charge in [-0.15, -0.1) is 0 Å². The molecule has 0 saturated heterocycles. The van der Waals surface area contributed by atoms with Crippen LogP contribution in [-0.4, -0.2) is 41.1 Å². The molecule has 0 aliphatic carbocycles. The quantitative estimate of drug-likeness (QED) is 0.330. The largest absolute Gasteiger partial charge is 0.478 e. The molecule has 1 amide bonds. The summed E-state index contributed by atoms with van der Waals surface area (Å²) < 4.78 is 10.3. The number of anilines is 1. The second-order valence-corrected chi connectivity index (χ2v) is 8.83. The van der Waals surface area contributed by atoms with Gasteiger partial charge in [-0.25, -0.2) is 14.4 Å². The molecule has 0 aliphatic heterocycles. The lowest BCUT2D eigenvalue weighted by molar-refractivity contribution is -0.157. The Morgan fingerprint density at radius 2 is 1.11 bits per heavy atom. The van der Waals surface area contributed by atoms with E-state index < -0.39 is 36.0 Å². The average molecular weight is 571 g/mol. The van der Waals surface area contributed by atoms with Crippen molar-refractivity contribution in [1.82, 2.24) is 0 Å². The number of carbonyl (C=O) groups excluding carboxylic acids is 3. The summed E-state index contributed by atoms with van der Waals surface area (Å²) in [6.07, 6.45) is -4.34. The van der Waals surface area contributed by atoms with Crippen molar-refractivity contribution in [2.75, 3.05) is 5.32 Å². The molecule has 3 aromatic carbocycles. The third kappa shape index (κ3) is 7.11. The first-order chi connectivity index (χ1) is 17.0. The maximum atomic E-state index is 13.1. The fraction of sp³-hybridized carbons (Fsp3) is 0.0833. The first kappa shape index (κ1) is 27.3. The standard InChI is InChI=1S/C24H15Cl4NO7/c25-14-5-1-12(2-6-14)23(33)35-19(21(30)29-18-10-9-16(27)11-17(18)28)20(22(31)32)36-24(34)13-3-7-15(26)8-4-13/h1-11,19-20H,(H,29,30)(H,31,32)/t19-,20-/m1/s1. The van der Waals surface area contributed by atoms with Gasteiger partial charge < -0.3 is 19.9 Å². The van der Waals surface area contributed by atoms with Crippen LogP contribution in [0.4, 0.5) is 5.69 Å². The van der Waals surface area contributed by atoms with Gasteiger partial charge in [0.2, 0.25) is 12.2 Å². The van der Waals surface area contributed by atoms with Crippen molar-refractivity contribution in [2.24, 2.45) is 0 Å². The number of rotatable bonds is 8. The average Bonchev–Trinajstić information content (AvgIpc) is 2.83. The molecule has 0 radical (unpaired) electrons. The zero-order valence-electron chi connectivity index (χ0n) is 17.9. The molecule has 0 heterocycles. The number of hydrogen-bond acceptors (Lipinski definition) is 6. The number of amides is 1. The predicted molar refractivity (Wildman–Crippen MR) is 134 cm³/mol. The van der Waals surface area contributed by atoms with E-state index in [-0.39, 0.29) is 26.9 Å². The third-order valence-electron chi connectivity index (χ3n) is 4.59. The molecule has 0 spiro atoms. The Bertz CT molecular complexity index is 1300. The molecule has 0 saturated carbocycles. The Labute approximate surface area is 224 Å². The number of hydrogen-bond donors (Lipinski definition) is 2. The van der Waals surface area contributed by atoms with E-state index in [4.69, 9.17) is 55.9 Å². The number of halogens is 4. The Hall–Kier alpha value is -3.30. The molecule has 0 bridgehead atoms. The molecule has 0 unspecified atom stereocenters. The van der Waals surface area contributed by atoms with Gasteiger partial charge in [0.15, 0.2) is 0 Å². The summed E-state index contributed by atoms with van der Waals surface area (Å²) >= 11 is 23.6. The van der Waals surface area contributed by atoms with E-state index in [1.54, 1.807) is 0 Å². The molecule has 0 aromatic heterocycles. The summed E-state index contributed by atoms with van der Waals surface area (Å²) in [5, 5.41) is 13.1. The second kappa shape index (κ2) is 12.1. The number of nitrogens with one attached hydrogen (secondary N) is 1. The van der Waals surface area contributed by atoms with E-state index in [0.717, 1.165) is 0 Å². The molecular weight excluding hydrogens is 556 g/mol. The van der Waals surface area contributed by atoms with Crippen LogP contribution in [0.2, 0.25) is 20.1 Å². The summed E-state index contributed by atoms with van der Waals surface area (Å²) in [5.74, 6) is -5.03. The van der Waals surface area contributed by atoms with Gasteiger partial charge in [-0.3, -0.25) is 4.79 Å². The Kier molecular flexibility index (Phi) is 9.17. The zero-order valence-corrected chi connectivity index (χ0v) is 20.9. The summed E-state index contributed by atoms with van der Waals surface area (Å²) in [5.41, 5.74) is -0.0313. The first-order valence-electron chi connectivity index (χ1n) is 9.97. The molecule has 2 atom stereocenters. The zero-order chi connectivity index (χ0) is 26.4. The van der Waals surface area contributed by atoms with Crippen LogP contribution in [0.3, 0.4) is 0 Å². The molecule has 12 heteroatoms. The number of esters is 2. The van der Waals surface area contributed by atoms with Crippen LogP contribution in [0.5, 0.6) is 0 Å². The van der Waals surface area contributed by atoms with Crippen LogP contribution < -0.4 is 5.32 Å². The lowest BCUT2D eigenvalue weighted by atomic mass is 10.1. The van der Waals surface area contributed by atoms with E-state index >= 15 is 0 Å². The van der Waals surface area contributed by atoms with Crippen molar-refractivity contribution >= 4 is 75.9 Å². The van der Waals surface area contributed by atoms with Crippen LogP contribution >= 0.6 is 46.4 Å². The Balaban J connectivity index is 1.92. The minimum absolute atomic E-state index is 0.0312. The topological polar surface area (TPSA) is 119 Å². The molecule has 8 nitrogen and oxygen atoms in total. The smallest absolute Gasteiger partial charge is 0.349 e. The molecular formula is C24H15Cl4NO7. The van der Waals surface area contributed by atoms with Gasteiger partial charge in [0.25, 0.3) is 5.91 Å². The molecule has 0 aliphatic rings. The first-order valence-corrected chi connectivity index (χ1v) is 11.5.